The van der Waals surface area contributed by atoms with Crippen molar-refractivity contribution in [3.8, 4) is 11.1 Å². The molecule has 1 unspecified atom stereocenters. The molecular weight excluding hydrogens is 368 g/mol. The number of carbonyl (C=O) groups is 1. The normalized spacial score (nSPS) is 15.4. The Balaban J connectivity index is 1.51. The smallest absolute Gasteiger partial charge is 0.258 e. The topological polar surface area (TPSA) is 32.3 Å². The fourth-order valence-electron chi connectivity index (χ4n) is 3.99. The highest BCUT2D eigenvalue weighted by atomic mass is 16.2. The number of nitrogens with zero attached hydrogens (tertiary/aromatic N) is 1. The molecule has 30 heavy (non-hydrogen) atoms. The highest BCUT2D eigenvalue weighted by Gasteiger charge is 2.32. The SMILES string of the molecule is O=C1c2ccccc2NC(c2ccc(-c3ccccc3)cc2)N1Cc1ccccc1. The minimum Gasteiger partial charge on any atom is -0.361 e. The summed E-state index contributed by atoms with van der Waals surface area (Å²) in [6.07, 6.45) is -0.225. The van der Waals surface area contributed by atoms with Crippen LogP contribution >= 0.6 is 0 Å². The number of hydrogen-bond acceptors (Lipinski definition) is 2. The Kier molecular flexibility index (Phi) is 4.78. The largest absolute Gasteiger partial charge is 0.361 e. The van der Waals surface area contributed by atoms with Gasteiger partial charge in [-0.3, -0.25) is 4.79 Å². The Morgan fingerprint density at radius 1 is 0.667 bits per heavy atom. The molecule has 1 atom stereocenters. The summed E-state index contributed by atoms with van der Waals surface area (Å²) in [5.74, 6) is 0.0466. The summed E-state index contributed by atoms with van der Waals surface area (Å²) in [4.78, 5) is 15.3. The number of anilines is 1. The molecule has 0 fully saturated rings. The van der Waals surface area contributed by atoms with Crippen molar-refractivity contribution in [1.29, 1.82) is 0 Å². The van der Waals surface area contributed by atoms with Crippen molar-refractivity contribution in [1.82, 2.24) is 4.90 Å². The molecule has 1 heterocycles. The number of rotatable bonds is 4. The van der Waals surface area contributed by atoms with Crippen molar-refractivity contribution >= 4 is 11.6 Å². The second-order valence-corrected chi connectivity index (χ2v) is 7.50. The van der Waals surface area contributed by atoms with Gasteiger partial charge in [0.2, 0.25) is 0 Å². The first-order chi connectivity index (χ1) is 14.8. The van der Waals surface area contributed by atoms with Crippen molar-refractivity contribution < 1.29 is 4.79 Å². The number of amides is 1. The van der Waals surface area contributed by atoms with Crippen LogP contribution in [0.25, 0.3) is 11.1 Å². The Morgan fingerprint density at radius 3 is 2.00 bits per heavy atom. The first kappa shape index (κ1) is 18.2. The second kappa shape index (κ2) is 7.88. The molecule has 0 bridgehead atoms. The lowest BCUT2D eigenvalue weighted by atomic mass is 9.99. The Hall–Kier alpha value is -3.85. The minimum atomic E-state index is -0.225. The van der Waals surface area contributed by atoms with Crippen LogP contribution in [0.2, 0.25) is 0 Å². The van der Waals surface area contributed by atoms with E-state index in [1.54, 1.807) is 0 Å². The van der Waals surface area contributed by atoms with Crippen molar-refractivity contribution in [3.63, 3.8) is 0 Å². The molecule has 4 aromatic carbocycles. The third-order valence-corrected chi connectivity index (χ3v) is 5.55. The molecule has 0 saturated carbocycles. The fraction of sp³-hybridized carbons (Fsp3) is 0.0741. The molecule has 1 aliphatic rings. The van der Waals surface area contributed by atoms with E-state index in [1.165, 1.54) is 5.56 Å². The summed E-state index contributed by atoms with van der Waals surface area (Å²) < 4.78 is 0. The number of fused-ring (bicyclic) bond motifs is 1. The summed E-state index contributed by atoms with van der Waals surface area (Å²) in [5, 5.41) is 3.58. The number of nitrogens with one attached hydrogen (secondary N) is 1. The van der Waals surface area contributed by atoms with E-state index in [2.05, 4.69) is 53.8 Å². The van der Waals surface area contributed by atoms with Gasteiger partial charge in [-0.2, -0.15) is 0 Å². The molecule has 0 spiro atoms. The van der Waals surface area contributed by atoms with Crippen LogP contribution in [-0.4, -0.2) is 10.8 Å². The van der Waals surface area contributed by atoms with Crippen LogP contribution in [0.5, 0.6) is 0 Å². The number of hydrogen-bond donors (Lipinski definition) is 1. The van der Waals surface area contributed by atoms with Crippen LogP contribution in [0.3, 0.4) is 0 Å². The summed E-state index contributed by atoms with van der Waals surface area (Å²) in [7, 11) is 0. The maximum atomic E-state index is 13.4. The van der Waals surface area contributed by atoms with Crippen LogP contribution in [0.15, 0.2) is 109 Å². The molecule has 0 aliphatic carbocycles. The van der Waals surface area contributed by atoms with Gasteiger partial charge in [-0.15, -0.1) is 0 Å². The lowest BCUT2D eigenvalue weighted by Gasteiger charge is -2.38. The first-order valence-corrected chi connectivity index (χ1v) is 10.2. The quantitative estimate of drug-likeness (QED) is 0.455. The van der Waals surface area contributed by atoms with Gasteiger partial charge in [0.1, 0.15) is 6.17 Å². The highest BCUT2D eigenvalue weighted by molar-refractivity contribution is 6.01. The van der Waals surface area contributed by atoms with E-state index < -0.39 is 0 Å². The van der Waals surface area contributed by atoms with Crippen LogP contribution in [0.1, 0.15) is 27.7 Å². The van der Waals surface area contributed by atoms with Crippen molar-refractivity contribution in [2.75, 3.05) is 5.32 Å². The zero-order valence-electron chi connectivity index (χ0n) is 16.5. The monoisotopic (exact) mass is 390 g/mol. The van der Waals surface area contributed by atoms with Crippen molar-refractivity contribution in [3.05, 3.63) is 126 Å². The number of para-hydroxylation sites is 1. The molecule has 4 aromatic rings. The maximum absolute atomic E-state index is 13.4. The fourth-order valence-corrected chi connectivity index (χ4v) is 3.99. The van der Waals surface area contributed by atoms with Gasteiger partial charge >= 0.3 is 0 Å². The van der Waals surface area contributed by atoms with E-state index in [-0.39, 0.29) is 12.1 Å². The molecule has 146 valence electrons. The number of carbonyl (C=O) groups excluding carboxylic acids is 1. The second-order valence-electron chi connectivity index (χ2n) is 7.50. The summed E-state index contributed by atoms with van der Waals surface area (Å²) >= 11 is 0. The molecule has 5 rings (SSSR count). The zero-order chi connectivity index (χ0) is 20.3. The molecule has 3 heteroatoms. The van der Waals surface area contributed by atoms with Gasteiger partial charge in [-0.25, -0.2) is 0 Å². The highest BCUT2D eigenvalue weighted by Crippen LogP contribution is 2.34. The average molecular weight is 390 g/mol. The van der Waals surface area contributed by atoms with E-state index in [9.17, 15) is 4.79 Å². The summed E-state index contributed by atoms with van der Waals surface area (Å²) in [6.45, 7) is 0.548. The van der Waals surface area contributed by atoms with Gasteiger partial charge in [0.25, 0.3) is 5.91 Å². The molecule has 0 radical (unpaired) electrons. The van der Waals surface area contributed by atoms with Gasteiger partial charge < -0.3 is 10.2 Å². The van der Waals surface area contributed by atoms with E-state index in [1.807, 2.05) is 65.6 Å². The van der Waals surface area contributed by atoms with Crippen LogP contribution in [0.4, 0.5) is 5.69 Å². The standard InChI is InChI=1S/C27H22N2O/c30-27-24-13-7-8-14-25(24)28-26(29(27)19-20-9-3-1-4-10-20)23-17-15-22(16-18-23)21-11-5-2-6-12-21/h1-18,26,28H,19H2. The molecule has 1 amide bonds. The molecule has 1 N–H and O–H groups in total. The van der Waals surface area contributed by atoms with Crippen LogP contribution in [0, 0.1) is 0 Å². The van der Waals surface area contributed by atoms with E-state index in [4.69, 9.17) is 0 Å². The van der Waals surface area contributed by atoms with E-state index in [0.29, 0.717) is 12.1 Å². The lowest BCUT2D eigenvalue weighted by molar-refractivity contribution is 0.0666. The maximum Gasteiger partial charge on any atom is 0.258 e. The molecule has 0 saturated heterocycles. The van der Waals surface area contributed by atoms with Crippen LogP contribution < -0.4 is 5.32 Å². The third-order valence-electron chi connectivity index (χ3n) is 5.55. The summed E-state index contributed by atoms with van der Waals surface area (Å²) in [6, 6.07) is 36.6. The van der Waals surface area contributed by atoms with Gasteiger partial charge in [-0.1, -0.05) is 97.1 Å². The van der Waals surface area contributed by atoms with Gasteiger partial charge in [0, 0.05) is 12.2 Å². The Morgan fingerprint density at radius 2 is 1.27 bits per heavy atom. The average Bonchev–Trinajstić information content (AvgIpc) is 2.82. The van der Waals surface area contributed by atoms with Gasteiger partial charge in [-0.05, 0) is 34.4 Å². The summed E-state index contributed by atoms with van der Waals surface area (Å²) in [5.41, 5.74) is 6.11. The minimum absolute atomic E-state index is 0.0466. The van der Waals surface area contributed by atoms with Gasteiger partial charge in [0.15, 0.2) is 0 Å². The first-order valence-electron chi connectivity index (χ1n) is 10.2. The molecule has 0 aromatic heterocycles. The Bertz CT molecular complexity index is 1150. The Labute approximate surface area is 176 Å². The van der Waals surface area contributed by atoms with Gasteiger partial charge in [0.05, 0.1) is 5.56 Å². The zero-order valence-corrected chi connectivity index (χ0v) is 16.5. The van der Waals surface area contributed by atoms with E-state index >= 15 is 0 Å². The molecular formula is C27H22N2O. The van der Waals surface area contributed by atoms with Crippen molar-refractivity contribution in [2.45, 2.75) is 12.7 Å². The molecule has 3 nitrogen and oxygen atoms in total. The predicted molar refractivity (Wildman–Crippen MR) is 121 cm³/mol. The van der Waals surface area contributed by atoms with Crippen molar-refractivity contribution in [2.24, 2.45) is 0 Å². The van der Waals surface area contributed by atoms with E-state index in [0.717, 1.165) is 22.4 Å². The number of benzene rings is 4. The molecule has 1 aliphatic heterocycles. The van der Waals surface area contributed by atoms with Crippen LogP contribution in [-0.2, 0) is 6.54 Å². The predicted octanol–water partition coefficient (Wildman–Crippen LogP) is 6.12. The lowest BCUT2D eigenvalue weighted by Crippen LogP contribution is -2.42. The third kappa shape index (κ3) is 3.46.